The van der Waals surface area contributed by atoms with Crippen molar-refractivity contribution in [2.75, 3.05) is 7.05 Å². The molecule has 0 saturated heterocycles. The van der Waals surface area contributed by atoms with Gasteiger partial charge in [0.2, 0.25) is 0 Å². The molecule has 1 heterocycles. The quantitative estimate of drug-likeness (QED) is 0.903. The van der Waals surface area contributed by atoms with Crippen molar-refractivity contribution in [1.82, 2.24) is 15.1 Å². The van der Waals surface area contributed by atoms with Gasteiger partial charge in [-0.2, -0.15) is 5.10 Å². The molecule has 0 spiro atoms. The van der Waals surface area contributed by atoms with Crippen LogP contribution in [0.25, 0.3) is 0 Å². The number of carbonyl (C=O) groups excluding carboxylic acids is 1. The van der Waals surface area contributed by atoms with Gasteiger partial charge in [-0.25, -0.2) is 4.39 Å². The molecule has 5 heteroatoms. The number of hydrogen-bond acceptors (Lipinski definition) is 2. The van der Waals surface area contributed by atoms with Crippen molar-refractivity contribution in [2.24, 2.45) is 0 Å². The lowest BCUT2D eigenvalue weighted by molar-refractivity contribution is 0.0784. The van der Waals surface area contributed by atoms with Crippen LogP contribution in [0.3, 0.4) is 0 Å². The number of halogens is 1. The number of carbonyl (C=O) groups is 1. The Morgan fingerprint density at radius 2 is 2.28 bits per heavy atom. The van der Waals surface area contributed by atoms with Gasteiger partial charge in [-0.3, -0.25) is 9.89 Å². The second kappa shape index (κ2) is 5.00. The molecule has 1 N–H and O–H groups in total. The van der Waals surface area contributed by atoms with Gasteiger partial charge >= 0.3 is 0 Å². The van der Waals surface area contributed by atoms with E-state index in [0.717, 1.165) is 11.1 Å². The minimum atomic E-state index is -0.402. The highest BCUT2D eigenvalue weighted by Crippen LogP contribution is 2.13. The van der Waals surface area contributed by atoms with Crippen molar-refractivity contribution in [3.63, 3.8) is 0 Å². The number of hydrogen-bond donors (Lipinski definition) is 1. The van der Waals surface area contributed by atoms with Gasteiger partial charge in [0.15, 0.2) is 0 Å². The molecule has 0 radical (unpaired) electrons. The van der Waals surface area contributed by atoms with Crippen LogP contribution in [0.1, 0.15) is 21.5 Å². The molecule has 0 unspecified atom stereocenters. The van der Waals surface area contributed by atoms with Crippen LogP contribution < -0.4 is 0 Å². The summed E-state index contributed by atoms with van der Waals surface area (Å²) in [7, 11) is 1.68. The van der Waals surface area contributed by atoms with Crippen LogP contribution in [-0.2, 0) is 6.54 Å². The van der Waals surface area contributed by atoms with E-state index in [1.54, 1.807) is 32.4 Å². The molecule has 0 aliphatic carbocycles. The molecule has 1 aromatic heterocycles. The Morgan fingerprint density at radius 1 is 1.50 bits per heavy atom. The Bertz CT molecular complexity index is 551. The Hall–Kier alpha value is -2.17. The number of amides is 1. The van der Waals surface area contributed by atoms with Crippen LogP contribution in [0, 0.1) is 12.7 Å². The van der Waals surface area contributed by atoms with Crippen molar-refractivity contribution in [3.8, 4) is 0 Å². The molecular weight excluding hydrogens is 233 g/mol. The standard InChI is InChI=1S/C13H14FN3O/c1-9-3-4-11(14)5-12(9)13(18)17(2)8-10-6-15-16-7-10/h3-7H,8H2,1-2H3,(H,15,16). The Labute approximate surface area is 104 Å². The number of H-pyrrole nitrogens is 1. The zero-order valence-electron chi connectivity index (χ0n) is 10.3. The third-order valence-corrected chi connectivity index (χ3v) is 2.75. The first-order valence-electron chi connectivity index (χ1n) is 5.57. The summed E-state index contributed by atoms with van der Waals surface area (Å²) >= 11 is 0. The predicted molar refractivity (Wildman–Crippen MR) is 65.5 cm³/mol. The monoisotopic (exact) mass is 247 g/mol. The summed E-state index contributed by atoms with van der Waals surface area (Å²) in [6.45, 7) is 2.23. The average molecular weight is 247 g/mol. The number of nitrogens with one attached hydrogen (secondary N) is 1. The van der Waals surface area contributed by atoms with E-state index in [2.05, 4.69) is 10.2 Å². The summed E-state index contributed by atoms with van der Waals surface area (Å²) in [5.41, 5.74) is 2.06. The predicted octanol–water partition coefficient (Wildman–Crippen LogP) is 2.13. The maximum Gasteiger partial charge on any atom is 0.254 e. The smallest absolute Gasteiger partial charge is 0.254 e. The van der Waals surface area contributed by atoms with E-state index in [1.165, 1.54) is 17.0 Å². The van der Waals surface area contributed by atoms with Crippen LogP contribution in [0.4, 0.5) is 4.39 Å². The van der Waals surface area contributed by atoms with Crippen molar-refractivity contribution in [2.45, 2.75) is 13.5 Å². The average Bonchev–Trinajstić information content (AvgIpc) is 2.84. The highest BCUT2D eigenvalue weighted by atomic mass is 19.1. The van der Waals surface area contributed by atoms with Crippen LogP contribution >= 0.6 is 0 Å². The minimum absolute atomic E-state index is 0.201. The van der Waals surface area contributed by atoms with Gasteiger partial charge in [0.1, 0.15) is 5.82 Å². The first kappa shape index (κ1) is 12.3. The first-order chi connectivity index (χ1) is 8.58. The fraction of sp³-hybridized carbons (Fsp3) is 0.231. The van der Waals surface area contributed by atoms with E-state index in [0.29, 0.717) is 12.1 Å². The molecule has 0 aliphatic heterocycles. The van der Waals surface area contributed by atoms with Crippen LogP contribution in [-0.4, -0.2) is 28.1 Å². The lowest BCUT2D eigenvalue weighted by Gasteiger charge is -2.17. The van der Waals surface area contributed by atoms with E-state index in [9.17, 15) is 9.18 Å². The fourth-order valence-corrected chi connectivity index (χ4v) is 1.74. The van der Waals surface area contributed by atoms with Gasteiger partial charge in [-0.1, -0.05) is 6.07 Å². The molecular formula is C13H14FN3O. The molecule has 18 heavy (non-hydrogen) atoms. The number of rotatable bonds is 3. The lowest BCUT2D eigenvalue weighted by atomic mass is 10.1. The van der Waals surface area contributed by atoms with E-state index < -0.39 is 5.82 Å². The molecule has 2 rings (SSSR count). The number of benzene rings is 1. The third-order valence-electron chi connectivity index (χ3n) is 2.75. The largest absolute Gasteiger partial charge is 0.337 e. The van der Waals surface area contributed by atoms with Crippen molar-refractivity contribution in [1.29, 1.82) is 0 Å². The van der Waals surface area contributed by atoms with Gasteiger partial charge in [0, 0.05) is 30.9 Å². The molecule has 0 bridgehead atoms. The summed E-state index contributed by atoms with van der Waals surface area (Å²) in [4.78, 5) is 13.7. The Balaban J connectivity index is 2.17. The van der Waals surface area contributed by atoms with E-state index in [4.69, 9.17) is 0 Å². The zero-order valence-corrected chi connectivity index (χ0v) is 10.3. The summed E-state index contributed by atoms with van der Waals surface area (Å²) in [5.74, 6) is -0.603. The van der Waals surface area contributed by atoms with Crippen LogP contribution in [0.2, 0.25) is 0 Å². The topological polar surface area (TPSA) is 49.0 Å². The van der Waals surface area contributed by atoms with Gasteiger partial charge < -0.3 is 4.90 Å². The summed E-state index contributed by atoms with van der Waals surface area (Å²) in [6.07, 6.45) is 3.38. The SMILES string of the molecule is Cc1ccc(F)cc1C(=O)N(C)Cc1cn[nH]c1. The van der Waals surface area contributed by atoms with Crippen molar-refractivity contribution >= 4 is 5.91 Å². The number of nitrogens with zero attached hydrogens (tertiary/aromatic N) is 2. The minimum Gasteiger partial charge on any atom is -0.337 e. The fourth-order valence-electron chi connectivity index (χ4n) is 1.74. The Morgan fingerprint density at radius 3 is 2.94 bits per heavy atom. The van der Waals surface area contributed by atoms with Gasteiger partial charge in [0.25, 0.3) is 5.91 Å². The lowest BCUT2D eigenvalue weighted by Crippen LogP contribution is -2.26. The maximum atomic E-state index is 13.2. The summed E-state index contributed by atoms with van der Waals surface area (Å²) in [6, 6.07) is 4.22. The number of aromatic amines is 1. The molecule has 1 aromatic carbocycles. The van der Waals surface area contributed by atoms with E-state index >= 15 is 0 Å². The number of aromatic nitrogens is 2. The molecule has 4 nitrogen and oxygen atoms in total. The molecule has 0 saturated carbocycles. The highest BCUT2D eigenvalue weighted by molar-refractivity contribution is 5.95. The van der Waals surface area contributed by atoms with Gasteiger partial charge in [0.05, 0.1) is 6.20 Å². The molecule has 0 fully saturated rings. The molecule has 0 aliphatic rings. The van der Waals surface area contributed by atoms with Crippen molar-refractivity contribution in [3.05, 3.63) is 53.1 Å². The molecule has 2 aromatic rings. The Kier molecular flexibility index (Phi) is 3.41. The summed E-state index contributed by atoms with van der Waals surface area (Å²) < 4.78 is 13.2. The highest BCUT2D eigenvalue weighted by Gasteiger charge is 2.15. The summed E-state index contributed by atoms with van der Waals surface area (Å²) in [5, 5.41) is 6.50. The molecule has 0 atom stereocenters. The van der Waals surface area contributed by atoms with Gasteiger partial charge in [-0.05, 0) is 24.6 Å². The zero-order chi connectivity index (χ0) is 13.1. The first-order valence-corrected chi connectivity index (χ1v) is 5.57. The van der Waals surface area contributed by atoms with E-state index in [-0.39, 0.29) is 5.91 Å². The number of aryl methyl sites for hydroxylation is 1. The van der Waals surface area contributed by atoms with E-state index in [1.807, 2.05) is 0 Å². The second-order valence-corrected chi connectivity index (χ2v) is 4.23. The second-order valence-electron chi connectivity index (χ2n) is 4.23. The van der Waals surface area contributed by atoms with Crippen LogP contribution in [0.15, 0.2) is 30.6 Å². The van der Waals surface area contributed by atoms with Crippen molar-refractivity contribution < 1.29 is 9.18 Å². The third kappa shape index (κ3) is 2.56. The van der Waals surface area contributed by atoms with Gasteiger partial charge in [-0.15, -0.1) is 0 Å². The normalized spacial score (nSPS) is 10.4. The maximum absolute atomic E-state index is 13.2. The molecule has 94 valence electrons. The molecule has 1 amide bonds. The van der Waals surface area contributed by atoms with Crippen LogP contribution in [0.5, 0.6) is 0 Å².